The van der Waals surface area contributed by atoms with Gasteiger partial charge in [0.05, 0.1) is 5.92 Å². The first-order chi connectivity index (χ1) is 12.6. The predicted octanol–water partition coefficient (Wildman–Crippen LogP) is 4.63. The first kappa shape index (κ1) is 17.2. The normalized spacial score (nSPS) is 24.3. The third-order valence-corrected chi connectivity index (χ3v) is 5.64. The van der Waals surface area contributed by atoms with Gasteiger partial charge < -0.3 is 4.84 Å². The van der Waals surface area contributed by atoms with Gasteiger partial charge in [-0.15, -0.1) is 0 Å². The van der Waals surface area contributed by atoms with Gasteiger partial charge in [-0.05, 0) is 42.7 Å². The van der Waals surface area contributed by atoms with E-state index in [0.717, 1.165) is 19.3 Å². The number of rotatable bonds is 4. The van der Waals surface area contributed by atoms with Crippen LogP contribution in [0.15, 0.2) is 30.3 Å². The largest absolute Gasteiger partial charge is 0.342 e. The number of hydrogen-bond donors (Lipinski definition) is 1. The fraction of sp³-hybridized carbons (Fsp3) is 0.421. The van der Waals surface area contributed by atoms with Crippen LogP contribution in [0.2, 0.25) is 5.28 Å². The van der Waals surface area contributed by atoms with E-state index in [1.807, 2.05) is 6.07 Å². The zero-order valence-corrected chi connectivity index (χ0v) is 14.9. The summed E-state index contributed by atoms with van der Waals surface area (Å²) >= 11 is 5.92. The van der Waals surface area contributed by atoms with Gasteiger partial charge in [0, 0.05) is 5.56 Å². The van der Waals surface area contributed by atoms with E-state index in [4.69, 9.17) is 16.4 Å². The Hall–Kier alpha value is -2.21. The SMILES string of the molecule is O=C(ONc1nc(Cl)nc(-c2ccccc2)c1F)C1CC2CCC1CC2. The number of benzene rings is 1. The van der Waals surface area contributed by atoms with Crippen molar-refractivity contribution in [2.24, 2.45) is 17.8 Å². The van der Waals surface area contributed by atoms with Crippen molar-refractivity contribution in [1.29, 1.82) is 0 Å². The van der Waals surface area contributed by atoms with Crippen molar-refractivity contribution >= 4 is 23.4 Å². The van der Waals surface area contributed by atoms with Gasteiger partial charge in [-0.25, -0.2) is 14.2 Å². The number of nitrogens with zero attached hydrogens (tertiary/aromatic N) is 2. The molecule has 3 aliphatic rings. The maximum atomic E-state index is 14.7. The van der Waals surface area contributed by atoms with Gasteiger partial charge in [0.25, 0.3) is 0 Å². The number of anilines is 1. The molecule has 26 heavy (non-hydrogen) atoms. The second kappa shape index (κ2) is 7.19. The summed E-state index contributed by atoms with van der Waals surface area (Å²) in [6.07, 6.45) is 5.37. The molecule has 1 aromatic heterocycles. The lowest BCUT2D eigenvalue weighted by Gasteiger charge is -2.40. The number of carbonyl (C=O) groups excluding carboxylic acids is 1. The molecule has 3 fully saturated rings. The van der Waals surface area contributed by atoms with Crippen molar-refractivity contribution in [3.63, 3.8) is 0 Å². The minimum absolute atomic E-state index is 0.0564. The van der Waals surface area contributed by atoms with Crippen molar-refractivity contribution in [2.75, 3.05) is 5.48 Å². The standard InChI is InChI=1S/C19H19ClFN3O2/c20-19-22-16(13-4-2-1-3-5-13)15(21)17(23-19)24-26-18(25)14-10-11-6-8-12(14)9-7-11/h1-5,11-12,14H,6-10H2,(H,22,23,24). The molecule has 1 N–H and O–H groups in total. The number of aromatic nitrogens is 2. The van der Waals surface area contributed by atoms with Gasteiger partial charge in [0.2, 0.25) is 11.1 Å². The van der Waals surface area contributed by atoms with E-state index < -0.39 is 5.82 Å². The summed E-state index contributed by atoms with van der Waals surface area (Å²) in [4.78, 5) is 25.4. The monoisotopic (exact) mass is 375 g/mol. The predicted molar refractivity (Wildman–Crippen MR) is 95.7 cm³/mol. The van der Waals surface area contributed by atoms with E-state index in [1.165, 1.54) is 12.8 Å². The van der Waals surface area contributed by atoms with Gasteiger partial charge in [-0.1, -0.05) is 43.2 Å². The van der Waals surface area contributed by atoms with E-state index in [-0.39, 0.29) is 28.7 Å². The molecule has 0 saturated heterocycles. The van der Waals surface area contributed by atoms with E-state index in [0.29, 0.717) is 17.4 Å². The van der Waals surface area contributed by atoms with Crippen LogP contribution in [0.1, 0.15) is 32.1 Å². The average molecular weight is 376 g/mol. The van der Waals surface area contributed by atoms with Gasteiger partial charge in [-0.3, -0.25) is 0 Å². The minimum atomic E-state index is -0.710. The Bertz CT molecular complexity index is 810. The summed E-state index contributed by atoms with van der Waals surface area (Å²) in [6, 6.07) is 8.81. The van der Waals surface area contributed by atoms with Crippen molar-refractivity contribution < 1.29 is 14.0 Å². The first-order valence-electron chi connectivity index (χ1n) is 8.87. The van der Waals surface area contributed by atoms with Gasteiger partial charge in [0.15, 0.2) is 5.82 Å². The quantitative estimate of drug-likeness (QED) is 0.623. The fourth-order valence-corrected chi connectivity index (χ4v) is 4.28. The molecule has 7 heteroatoms. The molecule has 3 aliphatic carbocycles. The lowest BCUT2D eigenvalue weighted by Crippen LogP contribution is -2.37. The molecule has 1 heterocycles. The molecule has 0 amide bonds. The first-order valence-corrected chi connectivity index (χ1v) is 9.24. The Kier molecular flexibility index (Phi) is 4.76. The van der Waals surface area contributed by atoms with Crippen LogP contribution in [0, 0.1) is 23.6 Å². The zero-order chi connectivity index (χ0) is 18.1. The number of fused-ring (bicyclic) bond motifs is 3. The van der Waals surface area contributed by atoms with Crippen LogP contribution in [0.25, 0.3) is 11.3 Å². The molecular weight excluding hydrogens is 357 g/mol. The highest BCUT2D eigenvalue weighted by Crippen LogP contribution is 2.45. The second-order valence-corrected chi connectivity index (χ2v) is 7.35. The Morgan fingerprint density at radius 3 is 2.54 bits per heavy atom. The highest BCUT2D eigenvalue weighted by atomic mass is 35.5. The van der Waals surface area contributed by atoms with Crippen LogP contribution < -0.4 is 5.48 Å². The number of halogens is 2. The maximum absolute atomic E-state index is 14.7. The summed E-state index contributed by atoms with van der Waals surface area (Å²) in [6.45, 7) is 0. The summed E-state index contributed by atoms with van der Waals surface area (Å²) in [7, 11) is 0. The zero-order valence-electron chi connectivity index (χ0n) is 14.1. The summed E-state index contributed by atoms with van der Waals surface area (Å²) < 4.78 is 14.7. The van der Waals surface area contributed by atoms with Crippen LogP contribution in [0.3, 0.4) is 0 Å². The van der Waals surface area contributed by atoms with Gasteiger partial charge >= 0.3 is 5.97 Å². The molecule has 136 valence electrons. The molecular formula is C19H19ClFN3O2. The van der Waals surface area contributed by atoms with E-state index >= 15 is 0 Å². The molecule has 3 saturated carbocycles. The van der Waals surface area contributed by atoms with Crippen molar-refractivity contribution in [1.82, 2.24) is 9.97 Å². The molecule has 1 unspecified atom stereocenters. The van der Waals surface area contributed by atoms with Crippen LogP contribution in [-0.2, 0) is 9.63 Å². The summed E-state index contributed by atoms with van der Waals surface area (Å²) in [5.41, 5.74) is 2.98. The number of hydrogen-bond acceptors (Lipinski definition) is 5. The minimum Gasteiger partial charge on any atom is -0.342 e. The summed E-state index contributed by atoms with van der Waals surface area (Å²) in [5.74, 6) is -0.448. The molecule has 2 bridgehead atoms. The topological polar surface area (TPSA) is 64.1 Å². The highest BCUT2D eigenvalue weighted by molar-refractivity contribution is 6.28. The van der Waals surface area contributed by atoms with E-state index in [1.54, 1.807) is 24.3 Å². The molecule has 1 atom stereocenters. The van der Waals surface area contributed by atoms with Crippen molar-refractivity contribution in [2.45, 2.75) is 32.1 Å². The Labute approximate surface area is 155 Å². The van der Waals surface area contributed by atoms with Gasteiger partial charge in [0.1, 0.15) is 5.69 Å². The highest BCUT2D eigenvalue weighted by Gasteiger charge is 2.40. The molecule has 0 aliphatic heterocycles. The molecule has 0 spiro atoms. The molecule has 5 nitrogen and oxygen atoms in total. The Balaban J connectivity index is 1.50. The number of carbonyl (C=O) groups is 1. The Morgan fingerprint density at radius 1 is 1.15 bits per heavy atom. The summed E-state index contributed by atoms with van der Waals surface area (Å²) in [5, 5.41) is -0.125. The molecule has 2 aromatic rings. The Morgan fingerprint density at radius 2 is 1.88 bits per heavy atom. The fourth-order valence-electron chi connectivity index (χ4n) is 4.12. The van der Waals surface area contributed by atoms with Crippen molar-refractivity contribution in [3.8, 4) is 11.3 Å². The van der Waals surface area contributed by atoms with E-state index in [2.05, 4.69) is 15.4 Å². The second-order valence-electron chi connectivity index (χ2n) is 7.02. The third-order valence-electron chi connectivity index (χ3n) is 5.47. The lowest BCUT2D eigenvalue weighted by atomic mass is 9.65. The molecule has 0 radical (unpaired) electrons. The van der Waals surface area contributed by atoms with Gasteiger partial charge in [-0.2, -0.15) is 10.5 Å². The molecule has 5 rings (SSSR count). The lowest BCUT2D eigenvalue weighted by molar-refractivity contribution is -0.151. The van der Waals surface area contributed by atoms with Crippen LogP contribution >= 0.6 is 11.6 Å². The van der Waals surface area contributed by atoms with Crippen LogP contribution in [0.4, 0.5) is 10.2 Å². The van der Waals surface area contributed by atoms with E-state index in [9.17, 15) is 9.18 Å². The molecule has 1 aromatic carbocycles. The third kappa shape index (κ3) is 3.38. The van der Waals surface area contributed by atoms with Crippen LogP contribution in [0.5, 0.6) is 0 Å². The van der Waals surface area contributed by atoms with Crippen molar-refractivity contribution in [3.05, 3.63) is 41.4 Å². The number of nitrogens with one attached hydrogen (secondary N) is 1. The smallest absolute Gasteiger partial charge is 0.335 e. The average Bonchev–Trinajstić information content (AvgIpc) is 2.69. The maximum Gasteiger partial charge on any atom is 0.335 e. The van der Waals surface area contributed by atoms with Crippen LogP contribution in [-0.4, -0.2) is 15.9 Å².